The van der Waals surface area contributed by atoms with E-state index < -0.39 is 0 Å². The van der Waals surface area contributed by atoms with Crippen LogP contribution in [0.25, 0.3) is 10.9 Å². The number of methoxy groups -OCH3 is 1. The zero-order valence-corrected chi connectivity index (χ0v) is 15.9. The average Bonchev–Trinajstić information content (AvgIpc) is 3.22. The molecule has 0 N–H and O–H groups in total. The van der Waals surface area contributed by atoms with Gasteiger partial charge < -0.3 is 9.15 Å². The van der Waals surface area contributed by atoms with E-state index in [9.17, 15) is 9.18 Å². The second-order valence-electron chi connectivity index (χ2n) is 6.13. The van der Waals surface area contributed by atoms with Gasteiger partial charge in [0.25, 0.3) is 5.56 Å². The topological polar surface area (TPSA) is 57.3 Å². The Balaban J connectivity index is 1.75. The number of benzene rings is 2. The molecular weight excluding hydrogens is 379 g/mol. The van der Waals surface area contributed by atoms with Gasteiger partial charge in [-0.15, -0.1) is 0 Å². The Hall–Kier alpha value is -3.06. The second-order valence-corrected chi connectivity index (χ2v) is 7.07. The maximum atomic E-state index is 13.7. The SMILES string of the molecule is COc1ccc(F)cc1CSc1nc2ccccc2c(=O)n1Cc1ccco1. The van der Waals surface area contributed by atoms with Gasteiger partial charge in [0.1, 0.15) is 17.3 Å². The van der Waals surface area contributed by atoms with E-state index in [0.717, 1.165) is 0 Å². The first kappa shape index (κ1) is 18.3. The van der Waals surface area contributed by atoms with Crippen LogP contribution in [-0.4, -0.2) is 16.7 Å². The predicted molar refractivity (Wildman–Crippen MR) is 106 cm³/mol. The summed E-state index contributed by atoms with van der Waals surface area (Å²) in [6.45, 7) is 0.270. The monoisotopic (exact) mass is 396 g/mol. The summed E-state index contributed by atoms with van der Waals surface area (Å²) in [4.78, 5) is 17.7. The molecule has 0 atom stereocenters. The Morgan fingerprint density at radius 2 is 2.04 bits per heavy atom. The lowest BCUT2D eigenvalue weighted by Gasteiger charge is -2.13. The summed E-state index contributed by atoms with van der Waals surface area (Å²) in [5, 5.41) is 1.08. The molecule has 0 bridgehead atoms. The van der Waals surface area contributed by atoms with Gasteiger partial charge in [0, 0.05) is 11.3 Å². The zero-order valence-electron chi connectivity index (χ0n) is 15.1. The van der Waals surface area contributed by atoms with Crippen LogP contribution in [-0.2, 0) is 12.3 Å². The molecule has 0 aliphatic carbocycles. The summed E-state index contributed by atoms with van der Waals surface area (Å²) in [5.74, 6) is 1.32. The lowest BCUT2D eigenvalue weighted by molar-refractivity contribution is 0.410. The number of thioether (sulfide) groups is 1. The highest BCUT2D eigenvalue weighted by Gasteiger charge is 2.14. The molecule has 0 aliphatic rings. The summed E-state index contributed by atoms with van der Waals surface area (Å²) < 4.78 is 26.0. The fourth-order valence-electron chi connectivity index (χ4n) is 2.96. The molecule has 4 aromatic rings. The number of rotatable bonds is 6. The van der Waals surface area contributed by atoms with Gasteiger partial charge in [0.05, 0.1) is 30.8 Å². The summed E-state index contributed by atoms with van der Waals surface area (Å²) in [5.41, 5.74) is 1.17. The maximum absolute atomic E-state index is 13.7. The number of nitrogens with zero attached hydrogens (tertiary/aromatic N) is 2. The van der Waals surface area contributed by atoms with Crippen molar-refractivity contribution >= 4 is 22.7 Å². The molecule has 5 nitrogen and oxygen atoms in total. The normalized spacial score (nSPS) is 11.1. The van der Waals surface area contributed by atoms with Crippen molar-refractivity contribution in [2.75, 3.05) is 7.11 Å². The van der Waals surface area contributed by atoms with Crippen molar-refractivity contribution in [1.29, 1.82) is 0 Å². The van der Waals surface area contributed by atoms with Crippen LogP contribution < -0.4 is 10.3 Å². The van der Waals surface area contributed by atoms with E-state index in [1.807, 2.05) is 18.2 Å². The molecule has 0 fully saturated rings. The van der Waals surface area contributed by atoms with Crippen LogP contribution in [0.2, 0.25) is 0 Å². The molecule has 2 aromatic heterocycles. The molecule has 0 saturated carbocycles. The van der Waals surface area contributed by atoms with Crippen LogP contribution in [0, 0.1) is 5.82 Å². The van der Waals surface area contributed by atoms with Crippen LogP contribution in [0.3, 0.4) is 0 Å². The third-order valence-corrected chi connectivity index (χ3v) is 5.35. The van der Waals surface area contributed by atoms with Gasteiger partial charge in [-0.25, -0.2) is 9.37 Å². The lowest BCUT2D eigenvalue weighted by Crippen LogP contribution is -2.23. The largest absolute Gasteiger partial charge is 0.496 e. The van der Waals surface area contributed by atoms with E-state index in [1.54, 1.807) is 42.2 Å². The molecule has 0 aliphatic heterocycles. The first-order chi connectivity index (χ1) is 13.7. The summed E-state index contributed by atoms with van der Waals surface area (Å²) >= 11 is 1.35. The van der Waals surface area contributed by atoms with Gasteiger partial charge in [-0.3, -0.25) is 9.36 Å². The second kappa shape index (κ2) is 7.90. The minimum atomic E-state index is -0.337. The first-order valence-electron chi connectivity index (χ1n) is 8.63. The fraction of sp³-hybridized carbons (Fsp3) is 0.143. The Morgan fingerprint density at radius 3 is 2.82 bits per heavy atom. The van der Waals surface area contributed by atoms with E-state index >= 15 is 0 Å². The average molecular weight is 396 g/mol. The summed E-state index contributed by atoms with van der Waals surface area (Å²) in [6, 6.07) is 15.2. The summed E-state index contributed by atoms with van der Waals surface area (Å²) in [7, 11) is 1.54. The number of hydrogen-bond acceptors (Lipinski definition) is 5. The van der Waals surface area contributed by atoms with E-state index in [0.29, 0.717) is 38.9 Å². The minimum absolute atomic E-state index is 0.143. The number of ether oxygens (including phenoxy) is 1. The molecule has 0 amide bonds. The maximum Gasteiger partial charge on any atom is 0.262 e. The van der Waals surface area contributed by atoms with Crippen molar-refractivity contribution in [2.45, 2.75) is 17.5 Å². The highest BCUT2D eigenvalue weighted by atomic mass is 32.2. The van der Waals surface area contributed by atoms with Crippen molar-refractivity contribution in [3.05, 3.63) is 88.4 Å². The molecule has 0 spiro atoms. The van der Waals surface area contributed by atoms with Crippen LogP contribution in [0.4, 0.5) is 4.39 Å². The van der Waals surface area contributed by atoms with Gasteiger partial charge in [-0.2, -0.15) is 0 Å². The Morgan fingerprint density at radius 1 is 1.18 bits per heavy atom. The van der Waals surface area contributed by atoms with Crippen LogP contribution in [0.15, 0.2) is 75.2 Å². The molecule has 2 aromatic carbocycles. The van der Waals surface area contributed by atoms with Gasteiger partial charge in [-0.1, -0.05) is 23.9 Å². The molecule has 28 heavy (non-hydrogen) atoms. The van der Waals surface area contributed by atoms with Crippen molar-refractivity contribution in [3.63, 3.8) is 0 Å². The van der Waals surface area contributed by atoms with Crippen LogP contribution in [0.1, 0.15) is 11.3 Å². The number of para-hydroxylation sites is 1. The Bertz CT molecular complexity index is 1170. The van der Waals surface area contributed by atoms with Gasteiger partial charge in [-0.05, 0) is 42.5 Å². The van der Waals surface area contributed by atoms with E-state index in [1.165, 1.54) is 23.9 Å². The number of fused-ring (bicyclic) bond motifs is 1. The molecule has 0 unspecified atom stereocenters. The number of halogens is 1. The molecule has 0 saturated heterocycles. The summed E-state index contributed by atoms with van der Waals surface area (Å²) in [6.07, 6.45) is 1.57. The Kier molecular flexibility index (Phi) is 5.16. The quantitative estimate of drug-likeness (QED) is 0.355. The molecule has 0 radical (unpaired) electrons. The Labute approximate surface area is 164 Å². The minimum Gasteiger partial charge on any atom is -0.496 e. The third kappa shape index (κ3) is 3.66. The predicted octanol–water partition coefficient (Wildman–Crippen LogP) is 4.48. The first-order valence-corrected chi connectivity index (χ1v) is 9.61. The number of aromatic nitrogens is 2. The highest BCUT2D eigenvalue weighted by Crippen LogP contribution is 2.28. The standard InChI is InChI=1S/C21H17FN2O3S/c1-26-19-9-8-15(22)11-14(19)13-28-21-23-18-7-3-2-6-17(18)20(25)24(21)12-16-5-4-10-27-16/h2-11H,12-13H2,1H3. The van der Waals surface area contributed by atoms with Crippen molar-refractivity contribution < 1.29 is 13.5 Å². The number of hydrogen-bond donors (Lipinski definition) is 0. The van der Waals surface area contributed by atoms with Gasteiger partial charge in [0.2, 0.25) is 0 Å². The highest BCUT2D eigenvalue weighted by molar-refractivity contribution is 7.98. The fourth-order valence-corrected chi connectivity index (χ4v) is 3.93. The van der Waals surface area contributed by atoms with Crippen molar-refractivity contribution in [2.24, 2.45) is 0 Å². The van der Waals surface area contributed by atoms with E-state index in [4.69, 9.17) is 9.15 Å². The van der Waals surface area contributed by atoms with Crippen LogP contribution >= 0.6 is 11.8 Å². The van der Waals surface area contributed by atoms with E-state index in [2.05, 4.69) is 4.98 Å². The molecule has 4 rings (SSSR count). The van der Waals surface area contributed by atoms with Gasteiger partial charge in [0.15, 0.2) is 5.16 Å². The molecular formula is C21H17FN2O3S. The zero-order chi connectivity index (χ0) is 19.5. The number of furan rings is 1. The molecule has 2 heterocycles. The van der Waals surface area contributed by atoms with Gasteiger partial charge >= 0.3 is 0 Å². The van der Waals surface area contributed by atoms with E-state index in [-0.39, 0.29) is 17.9 Å². The lowest BCUT2D eigenvalue weighted by atomic mass is 10.2. The van der Waals surface area contributed by atoms with Crippen molar-refractivity contribution in [3.8, 4) is 5.75 Å². The molecule has 7 heteroatoms. The third-order valence-electron chi connectivity index (χ3n) is 4.32. The molecule has 142 valence electrons. The smallest absolute Gasteiger partial charge is 0.262 e. The van der Waals surface area contributed by atoms with Crippen molar-refractivity contribution in [1.82, 2.24) is 9.55 Å². The van der Waals surface area contributed by atoms with Crippen LogP contribution in [0.5, 0.6) is 5.75 Å².